The Balaban J connectivity index is 1.60. The lowest BCUT2D eigenvalue weighted by atomic mass is 9.95. The molecule has 3 heterocycles. The van der Waals surface area contributed by atoms with Crippen molar-refractivity contribution in [3.63, 3.8) is 0 Å². The molecule has 5 heteroatoms. The summed E-state index contributed by atoms with van der Waals surface area (Å²) in [5.41, 5.74) is 3.35. The zero-order chi connectivity index (χ0) is 21.8. The van der Waals surface area contributed by atoms with Crippen molar-refractivity contribution in [3.05, 3.63) is 97.8 Å². The number of thiazole rings is 1. The summed E-state index contributed by atoms with van der Waals surface area (Å²) >= 11 is 1.56. The largest absolute Gasteiger partial charge is 0.426 e. The Bertz CT molecular complexity index is 1610. The maximum absolute atomic E-state index is 13.3. The maximum Gasteiger partial charge on any atom is 0.362 e. The predicted octanol–water partition coefficient (Wildman–Crippen LogP) is 6.04. The molecule has 0 saturated heterocycles. The van der Waals surface area contributed by atoms with E-state index in [0.717, 1.165) is 40.8 Å². The fraction of sp³-hybridized carbons (Fsp3) is 0.259. The van der Waals surface area contributed by atoms with E-state index in [2.05, 4.69) is 49.4 Å². The Kier molecular flexibility index (Phi) is 4.54. The first-order valence-electron chi connectivity index (χ1n) is 11.2. The van der Waals surface area contributed by atoms with Crippen LogP contribution in [0.2, 0.25) is 0 Å². The first kappa shape index (κ1) is 19.5. The fourth-order valence-electron chi connectivity index (χ4n) is 4.83. The summed E-state index contributed by atoms with van der Waals surface area (Å²) in [6, 6.07) is 18.4. The van der Waals surface area contributed by atoms with Crippen LogP contribution >= 0.6 is 11.3 Å². The molecule has 0 unspecified atom stereocenters. The van der Waals surface area contributed by atoms with Crippen molar-refractivity contribution < 1.29 is 4.42 Å². The van der Waals surface area contributed by atoms with Crippen LogP contribution < -0.4 is 11.2 Å². The van der Waals surface area contributed by atoms with Crippen LogP contribution in [0.1, 0.15) is 54.6 Å². The van der Waals surface area contributed by atoms with E-state index in [-0.39, 0.29) is 5.56 Å². The minimum Gasteiger partial charge on any atom is -0.426 e. The smallest absolute Gasteiger partial charge is 0.362 e. The molecular formula is C27H23NO3S. The third-order valence-corrected chi connectivity index (χ3v) is 7.54. The van der Waals surface area contributed by atoms with Crippen LogP contribution in [0.25, 0.3) is 25.8 Å². The van der Waals surface area contributed by atoms with Crippen LogP contribution in [0.5, 0.6) is 0 Å². The summed E-state index contributed by atoms with van der Waals surface area (Å²) < 4.78 is 7.97. The van der Waals surface area contributed by atoms with Gasteiger partial charge in [-0.05, 0) is 65.1 Å². The van der Waals surface area contributed by atoms with E-state index in [1.807, 2.05) is 6.07 Å². The van der Waals surface area contributed by atoms with E-state index in [0.29, 0.717) is 23.6 Å². The van der Waals surface area contributed by atoms with Gasteiger partial charge in [0.1, 0.15) is 10.6 Å². The third-order valence-electron chi connectivity index (χ3n) is 6.41. The Morgan fingerprint density at radius 3 is 2.66 bits per heavy atom. The third kappa shape index (κ3) is 3.11. The molecule has 1 aliphatic carbocycles. The molecule has 6 rings (SSSR count). The fourth-order valence-corrected chi connectivity index (χ4v) is 6.18. The van der Waals surface area contributed by atoms with E-state index >= 15 is 0 Å². The molecule has 2 aromatic carbocycles. The van der Waals surface area contributed by atoms with Gasteiger partial charge < -0.3 is 4.42 Å². The topological polar surface area (TPSA) is 51.7 Å². The van der Waals surface area contributed by atoms with Crippen molar-refractivity contribution in [3.8, 4) is 0 Å². The molecule has 1 fully saturated rings. The van der Waals surface area contributed by atoms with E-state index in [9.17, 15) is 9.59 Å². The molecule has 0 atom stereocenters. The minimum atomic E-state index is -0.414. The number of benzene rings is 2. The van der Waals surface area contributed by atoms with Gasteiger partial charge >= 0.3 is 5.63 Å². The number of pyridine rings is 1. The summed E-state index contributed by atoms with van der Waals surface area (Å²) in [6.45, 7) is 2.06. The van der Waals surface area contributed by atoms with Gasteiger partial charge in [0.05, 0.1) is 4.70 Å². The highest BCUT2D eigenvalue weighted by Crippen LogP contribution is 2.46. The van der Waals surface area contributed by atoms with Crippen LogP contribution in [0.15, 0.2) is 68.6 Å². The number of hydrogen-bond acceptors (Lipinski definition) is 4. The molecule has 0 aliphatic heterocycles. The lowest BCUT2D eigenvalue weighted by molar-refractivity contribution is 0.463. The molecule has 0 amide bonds. The normalized spacial score (nSPS) is 14.0. The van der Waals surface area contributed by atoms with E-state index in [1.54, 1.807) is 21.8 Å². The van der Waals surface area contributed by atoms with Crippen molar-refractivity contribution in [1.29, 1.82) is 0 Å². The average molecular weight is 442 g/mol. The summed E-state index contributed by atoms with van der Waals surface area (Å²) in [5, 5.41) is 2.43. The van der Waals surface area contributed by atoms with Gasteiger partial charge in [-0.15, -0.1) is 11.3 Å². The Hall–Kier alpha value is -3.18. The van der Waals surface area contributed by atoms with Gasteiger partial charge in [0.15, 0.2) is 5.52 Å². The minimum absolute atomic E-state index is 0.151. The number of fused-ring (bicyclic) bond motifs is 4. The molecular weight excluding hydrogens is 418 g/mol. The van der Waals surface area contributed by atoms with Gasteiger partial charge in [0.2, 0.25) is 0 Å². The van der Waals surface area contributed by atoms with Gasteiger partial charge in [-0.2, -0.15) is 0 Å². The van der Waals surface area contributed by atoms with Gasteiger partial charge in [-0.3, -0.25) is 9.20 Å². The molecule has 0 radical (unpaired) electrons. The summed E-state index contributed by atoms with van der Waals surface area (Å²) in [6.07, 6.45) is 4.58. The standard InChI is InChI=1S/C27H23NO3S/c1-2-6-20-15-22-25(27(30)31-20)28-23(29)14-19(24(17-11-12-17)26(28)32-22)13-18-9-5-8-16-7-3-4-10-21(16)18/h3-5,7-10,14-15,17H,2,6,11-13H2,1H3. The van der Waals surface area contributed by atoms with E-state index in [4.69, 9.17) is 4.42 Å². The van der Waals surface area contributed by atoms with Crippen molar-refractivity contribution in [2.45, 2.75) is 44.9 Å². The average Bonchev–Trinajstić information content (AvgIpc) is 3.53. The van der Waals surface area contributed by atoms with Crippen LogP contribution in [0.3, 0.4) is 0 Å². The van der Waals surface area contributed by atoms with Crippen molar-refractivity contribution in [1.82, 2.24) is 4.40 Å². The Morgan fingerprint density at radius 2 is 1.84 bits per heavy atom. The number of nitrogens with zero attached hydrogens (tertiary/aromatic N) is 1. The maximum atomic E-state index is 13.3. The van der Waals surface area contributed by atoms with Crippen LogP contribution in [0.4, 0.5) is 0 Å². The molecule has 3 aromatic heterocycles. The second-order valence-electron chi connectivity index (χ2n) is 8.72. The lowest BCUT2D eigenvalue weighted by Gasteiger charge is -2.12. The zero-order valence-electron chi connectivity index (χ0n) is 17.9. The van der Waals surface area contributed by atoms with Crippen molar-refractivity contribution in [2.75, 3.05) is 0 Å². The highest BCUT2D eigenvalue weighted by molar-refractivity contribution is 7.24. The Labute approximate surface area is 188 Å². The summed E-state index contributed by atoms with van der Waals surface area (Å²) in [5.74, 6) is 1.14. The van der Waals surface area contributed by atoms with Crippen LogP contribution in [-0.4, -0.2) is 4.40 Å². The summed E-state index contributed by atoms with van der Waals surface area (Å²) in [7, 11) is 0. The number of hydrogen-bond donors (Lipinski definition) is 0. The van der Waals surface area contributed by atoms with Gasteiger partial charge in [-0.25, -0.2) is 4.79 Å². The zero-order valence-corrected chi connectivity index (χ0v) is 18.7. The van der Waals surface area contributed by atoms with E-state index < -0.39 is 5.63 Å². The second-order valence-corrected chi connectivity index (χ2v) is 9.75. The molecule has 4 nitrogen and oxygen atoms in total. The molecule has 5 aromatic rings. The van der Waals surface area contributed by atoms with Gasteiger partial charge in [0, 0.05) is 12.5 Å². The number of aryl methyl sites for hydroxylation is 1. The first-order chi connectivity index (χ1) is 15.6. The molecule has 0 spiro atoms. The van der Waals surface area contributed by atoms with Crippen LogP contribution in [-0.2, 0) is 12.8 Å². The molecule has 160 valence electrons. The second kappa shape index (κ2) is 7.45. The quantitative estimate of drug-likeness (QED) is 0.334. The molecule has 32 heavy (non-hydrogen) atoms. The lowest BCUT2D eigenvalue weighted by Crippen LogP contribution is -2.18. The molecule has 0 bridgehead atoms. The molecule has 0 N–H and O–H groups in total. The Morgan fingerprint density at radius 1 is 1.03 bits per heavy atom. The highest BCUT2D eigenvalue weighted by atomic mass is 32.1. The van der Waals surface area contributed by atoms with E-state index in [1.165, 1.54) is 21.9 Å². The highest BCUT2D eigenvalue weighted by Gasteiger charge is 2.31. The summed E-state index contributed by atoms with van der Waals surface area (Å²) in [4.78, 5) is 27.0. The SMILES string of the molecule is CCCc1cc2sc3c(C4CC4)c(Cc4cccc5ccccc45)cc(=O)n3c2c(=O)o1. The van der Waals surface area contributed by atoms with Crippen LogP contribution in [0, 0.1) is 0 Å². The molecule has 1 aliphatic rings. The monoisotopic (exact) mass is 441 g/mol. The van der Waals surface area contributed by atoms with Crippen molar-refractivity contribution >= 4 is 37.2 Å². The number of rotatable bonds is 5. The molecule has 1 saturated carbocycles. The van der Waals surface area contributed by atoms with Crippen molar-refractivity contribution in [2.24, 2.45) is 0 Å². The number of aromatic nitrogens is 1. The predicted molar refractivity (Wildman–Crippen MR) is 130 cm³/mol. The van der Waals surface area contributed by atoms with Gasteiger partial charge in [-0.1, -0.05) is 49.4 Å². The first-order valence-corrected chi connectivity index (χ1v) is 12.1. The van der Waals surface area contributed by atoms with Gasteiger partial charge in [0.25, 0.3) is 5.56 Å².